The summed E-state index contributed by atoms with van der Waals surface area (Å²) in [5.41, 5.74) is -0.0641. The molecule has 0 radical (unpaired) electrons. The molecule has 20 heavy (non-hydrogen) atoms. The third kappa shape index (κ3) is 3.48. The van der Waals surface area contributed by atoms with Gasteiger partial charge in [-0.15, -0.1) is 11.3 Å². The smallest absolute Gasteiger partial charge is 0.138 e. The van der Waals surface area contributed by atoms with Gasteiger partial charge in [0.15, 0.2) is 0 Å². The Morgan fingerprint density at radius 3 is 2.60 bits per heavy atom. The van der Waals surface area contributed by atoms with E-state index in [1.807, 2.05) is 13.1 Å². The van der Waals surface area contributed by atoms with E-state index in [0.717, 1.165) is 24.0 Å². The zero-order valence-corrected chi connectivity index (χ0v) is 13.6. The largest absolute Gasteiger partial charge is 0.373 e. The molecule has 1 N–H and O–H groups in total. The van der Waals surface area contributed by atoms with Gasteiger partial charge in [-0.2, -0.15) is 0 Å². The second-order valence-electron chi connectivity index (χ2n) is 5.87. The summed E-state index contributed by atoms with van der Waals surface area (Å²) in [5.74, 6) is 2.66. The number of nitrogens with zero attached hydrogens (tertiary/aromatic N) is 3. The lowest BCUT2D eigenvalue weighted by molar-refractivity contribution is 0.545. The Labute approximate surface area is 124 Å². The molecule has 4 nitrogen and oxygen atoms in total. The molecule has 0 atom stereocenters. The van der Waals surface area contributed by atoms with Crippen LogP contribution in [0.5, 0.6) is 0 Å². The van der Waals surface area contributed by atoms with Crippen LogP contribution < -0.4 is 10.2 Å². The van der Waals surface area contributed by atoms with Gasteiger partial charge in [0, 0.05) is 30.5 Å². The molecule has 0 amide bonds. The van der Waals surface area contributed by atoms with Crippen LogP contribution in [0.4, 0.5) is 11.6 Å². The van der Waals surface area contributed by atoms with Crippen molar-refractivity contribution < 1.29 is 0 Å². The fourth-order valence-electron chi connectivity index (χ4n) is 1.81. The lowest BCUT2D eigenvalue weighted by Gasteiger charge is -2.22. The summed E-state index contributed by atoms with van der Waals surface area (Å²) in [6, 6.07) is 6.21. The van der Waals surface area contributed by atoms with Crippen LogP contribution in [0.2, 0.25) is 0 Å². The topological polar surface area (TPSA) is 41.0 Å². The van der Waals surface area contributed by atoms with Crippen LogP contribution in [-0.4, -0.2) is 24.1 Å². The molecule has 5 heteroatoms. The van der Waals surface area contributed by atoms with E-state index < -0.39 is 0 Å². The van der Waals surface area contributed by atoms with Crippen molar-refractivity contribution in [2.45, 2.75) is 32.7 Å². The molecule has 2 heterocycles. The van der Waals surface area contributed by atoms with Gasteiger partial charge in [0.05, 0.1) is 6.54 Å². The molecule has 108 valence electrons. The van der Waals surface area contributed by atoms with E-state index in [4.69, 9.17) is 4.98 Å². The summed E-state index contributed by atoms with van der Waals surface area (Å²) in [6.45, 7) is 7.25. The Kier molecular flexibility index (Phi) is 4.28. The number of anilines is 2. The molecule has 0 fully saturated rings. The minimum Gasteiger partial charge on any atom is -0.373 e. The van der Waals surface area contributed by atoms with Crippen LogP contribution in [0.3, 0.4) is 0 Å². The molecule has 0 aliphatic carbocycles. The van der Waals surface area contributed by atoms with Gasteiger partial charge in [0.1, 0.15) is 17.5 Å². The van der Waals surface area contributed by atoms with Crippen molar-refractivity contribution in [1.29, 1.82) is 0 Å². The Balaban J connectivity index is 2.30. The number of nitrogens with one attached hydrogen (secondary N) is 1. The first-order valence-corrected chi connectivity index (χ1v) is 7.59. The number of aromatic nitrogens is 2. The van der Waals surface area contributed by atoms with Crippen molar-refractivity contribution in [2.75, 3.05) is 24.3 Å². The molecule has 0 spiro atoms. The van der Waals surface area contributed by atoms with Gasteiger partial charge in [-0.25, -0.2) is 9.97 Å². The molecule has 0 aromatic carbocycles. The predicted octanol–water partition coefficient (Wildman–Crippen LogP) is 3.51. The highest BCUT2D eigenvalue weighted by Crippen LogP contribution is 2.24. The third-order valence-corrected chi connectivity index (χ3v) is 3.86. The maximum absolute atomic E-state index is 4.71. The van der Waals surface area contributed by atoms with Gasteiger partial charge < -0.3 is 10.2 Å². The Morgan fingerprint density at radius 2 is 2.05 bits per heavy atom. The van der Waals surface area contributed by atoms with Gasteiger partial charge in [-0.1, -0.05) is 26.8 Å². The van der Waals surface area contributed by atoms with Gasteiger partial charge in [0.2, 0.25) is 0 Å². The van der Waals surface area contributed by atoms with Crippen molar-refractivity contribution in [3.05, 3.63) is 34.3 Å². The Morgan fingerprint density at radius 1 is 1.30 bits per heavy atom. The molecule has 0 saturated heterocycles. The minimum absolute atomic E-state index is 0.0641. The molecular weight excluding hydrogens is 268 g/mol. The van der Waals surface area contributed by atoms with Crippen molar-refractivity contribution in [1.82, 2.24) is 9.97 Å². The summed E-state index contributed by atoms with van der Waals surface area (Å²) < 4.78 is 0. The maximum atomic E-state index is 4.71. The molecule has 0 aliphatic heterocycles. The number of rotatable bonds is 4. The van der Waals surface area contributed by atoms with Gasteiger partial charge >= 0.3 is 0 Å². The molecule has 2 aromatic heterocycles. The van der Waals surface area contributed by atoms with E-state index in [9.17, 15) is 0 Å². The maximum Gasteiger partial charge on any atom is 0.138 e. The van der Waals surface area contributed by atoms with Crippen molar-refractivity contribution in [3.8, 4) is 0 Å². The zero-order valence-electron chi connectivity index (χ0n) is 12.8. The standard InChI is InChI=1S/C15H22N4S/c1-15(2,3)14-17-12(16-4)9-13(18-14)19(5)10-11-7-6-8-20-11/h6-9H,10H2,1-5H3,(H,16,17,18). The van der Waals surface area contributed by atoms with Crippen molar-refractivity contribution in [3.63, 3.8) is 0 Å². The predicted molar refractivity (Wildman–Crippen MR) is 86.7 cm³/mol. The Bertz CT molecular complexity index is 558. The van der Waals surface area contributed by atoms with Gasteiger partial charge in [0.25, 0.3) is 0 Å². The van der Waals surface area contributed by atoms with Gasteiger partial charge in [-0.05, 0) is 11.4 Å². The number of hydrogen-bond acceptors (Lipinski definition) is 5. The monoisotopic (exact) mass is 290 g/mol. The number of thiophene rings is 1. The lowest BCUT2D eigenvalue weighted by Crippen LogP contribution is -2.22. The second-order valence-corrected chi connectivity index (χ2v) is 6.90. The summed E-state index contributed by atoms with van der Waals surface area (Å²) >= 11 is 1.76. The zero-order chi connectivity index (χ0) is 14.8. The molecule has 2 rings (SSSR count). The third-order valence-electron chi connectivity index (χ3n) is 3.00. The van der Waals surface area contributed by atoms with Crippen molar-refractivity contribution in [2.24, 2.45) is 0 Å². The Hall–Kier alpha value is -1.62. The molecule has 0 aliphatic rings. The summed E-state index contributed by atoms with van der Waals surface area (Å²) in [5, 5.41) is 5.22. The lowest BCUT2D eigenvalue weighted by atomic mass is 9.96. The number of hydrogen-bond donors (Lipinski definition) is 1. The molecule has 2 aromatic rings. The quantitative estimate of drug-likeness (QED) is 0.935. The highest BCUT2D eigenvalue weighted by Gasteiger charge is 2.20. The molecule has 0 saturated carbocycles. The van der Waals surface area contributed by atoms with E-state index in [-0.39, 0.29) is 5.41 Å². The van der Waals surface area contributed by atoms with Crippen LogP contribution in [0.25, 0.3) is 0 Å². The fraction of sp³-hybridized carbons (Fsp3) is 0.467. The molecule has 0 unspecified atom stereocenters. The average Bonchev–Trinajstić information content (AvgIpc) is 2.90. The molecule has 0 bridgehead atoms. The van der Waals surface area contributed by atoms with Crippen LogP contribution >= 0.6 is 11.3 Å². The van der Waals surface area contributed by atoms with E-state index in [1.54, 1.807) is 11.3 Å². The molecular formula is C15H22N4S. The van der Waals surface area contributed by atoms with E-state index in [1.165, 1.54) is 4.88 Å². The summed E-state index contributed by atoms with van der Waals surface area (Å²) in [4.78, 5) is 12.8. The van der Waals surface area contributed by atoms with Crippen LogP contribution in [-0.2, 0) is 12.0 Å². The van der Waals surface area contributed by atoms with E-state index in [0.29, 0.717) is 0 Å². The first kappa shape index (κ1) is 14.8. The van der Waals surface area contributed by atoms with Crippen molar-refractivity contribution >= 4 is 23.0 Å². The fourth-order valence-corrected chi connectivity index (χ4v) is 2.57. The first-order chi connectivity index (χ1) is 9.40. The van der Waals surface area contributed by atoms with Crippen LogP contribution in [0.1, 0.15) is 31.5 Å². The normalized spacial score (nSPS) is 11.4. The highest BCUT2D eigenvalue weighted by atomic mass is 32.1. The summed E-state index contributed by atoms with van der Waals surface area (Å²) in [6.07, 6.45) is 0. The summed E-state index contributed by atoms with van der Waals surface area (Å²) in [7, 11) is 3.95. The average molecular weight is 290 g/mol. The van der Waals surface area contributed by atoms with Crippen LogP contribution in [0, 0.1) is 0 Å². The van der Waals surface area contributed by atoms with Crippen LogP contribution in [0.15, 0.2) is 23.6 Å². The highest BCUT2D eigenvalue weighted by molar-refractivity contribution is 7.09. The van der Waals surface area contributed by atoms with E-state index in [2.05, 4.69) is 60.5 Å². The van der Waals surface area contributed by atoms with E-state index >= 15 is 0 Å². The first-order valence-electron chi connectivity index (χ1n) is 6.71. The second kappa shape index (κ2) is 5.79. The SMILES string of the molecule is CNc1cc(N(C)Cc2cccs2)nc(C(C)(C)C)n1. The van der Waals surface area contributed by atoms with Gasteiger partial charge in [-0.3, -0.25) is 0 Å². The minimum atomic E-state index is -0.0641.